The zero-order valence-corrected chi connectivity index (χ0v) is 10.3. The molecule has 0 aromatic carbocycles. The second kappa shape index (κ2) is 7.17. The van der Waals surface area contributed by atoms with E-state index in [4.69, 9.17) is 11.1 Å². The fraction of sp³-hybridized carbons (Fsp3) is 0.214. The van der Waals surface area contributed by atoms with E-state index in [-0.39, 0.29) is 5.92 Å². The van der Waals surface area contributed by atoms with Crippen molar-refractivity contribution in [2.24, 2.45) is 11.7 Å². The van der Waals surface area contributed by atoms with Crippen LogP contribution >= 0.6 is 0 Å². The lowest BCUT2D eigenvalue weighted by Crippen LogP contribution is -2.00. The molecule has 0 radical (unpaired) electrons. The lowest BCUT2D eigenvalue weighted by atomic mass is 10.0. The summed E-state index contributed by atoms with van der Waals surface area (Å²) in [4.78, 5) is 14.9. The molecule has 0 aliphatic heterocycles. The van der Waals surface area contributed by atoms with Crippen molar-refractivity contribution in [1.29, 1.82) is 5.41 Å². The highest BCUT2D eigenvalue weighted by molar-refractivity contribution is 6.06. The highest BCUT2D eigenvalue weighted by Gasteiger charge is 2.02. The Hall–Kier alpha value is -2.23. The van der Waals surface area contributed by atoms with Gasteiger partial charge in [-0.25, -0.2) is 0 Å². The van der Waals surface area contributed by atoms with E-state index in [9.17, 15) is 4.79 Å². The first-order chi connectivity index (χ1) is 8.67. The lowest BCUT2D eigenvalue weighted by Gasteiger charge is -2.02. The van der Waals surface area contributed by atoms with E-state index in [1.54, 1.807) is 30.5 Å². The zero-order chi connectivity index (χ0) is 13.4. The Morgan fingerprint density at radius 3 is 3.00 bits per heavy atom. The summed E-state index contributed by atoms with van der Waals surface area (Å²) >= 11 is 0. The lowest BCUT2D eigenvalue weighted by molar-refractivity contribution is -0.109. The van der Waals surface area contributed by atoms with E-state index in [2.05, 4.69) is 4.98 Å². The Morgan fingerprint density at radius 2 is 2.39 bits per heavy atom. The second-order valence-corrected chi connectivity index (χ2v) is 3.92. The van der Waals surface area contributed by atoms with Crippen LogP contribution in [0.2, 0.25) is 0 Å². The smallest absolute Gasteiger partial charge is 0.127 e. The van der Waals surface area contributed by atoms with E-state index in [0.29, 0.717) is 12.1 Å². The largest absolute Gasteiger partial charge is 0.405 e. The molecule has 1 rings (SSSR count). The maximum absolute atomic E-state index is 10.8. The van der Waals surface area contributed by atoms with Crippen LogP contribution in [-0.2, 0) is 4.79 Å². The number of pyridine rings is 1. The molecule has 0 saturated heterocycles. The monoisotopic (exact) mass is 243 g/mol. The van der Waals surface area contributed by atoms with Crippen LogP contribution < -0.4 is 5.73 Å². The van der Waals surface area contributed by atoms with Gasteiger partial charge in [-0.15, -0.1) is 0 Å². The number of hydrogen-bond donors (Lipinski definition) is 2. The first kappa shape index (κ1) is 13.8. The van der Waals surface area contributed by atoms with Gasteiger partial charge in [0.05, 0.1) is 5.71 Å². The highest BCUT2D eigenvalue weighted by Crippen LogP contribution is 2.06. The van der Waals surface area contributed by atoms with Gasteiger partial charge in [-0.05, 0) is 37.8 Å². The predicted molar refractivity (Wildman–Crippen MR) is 72.4 cm³/mol. The van der Waals surface area contributed by atoms with Crippen molar-refractivity contribution in [2.75, 3.05) is 0 Å². The Morgan fingerprint density at radius 1 is 1.61 bits per heavy atom. The molecular weight excluding hydrogens is 226 g/mol. The first-order valence-corrected chi connectivity index (χ1v) is 5.69. The van der Waals surface area contributed by atoms with Crippen LogP contribution in [0.15, 0.2) is 42.8 Å². The second-order valence-electron chi connectivity index (χ2n) is 3.92. The minimum absolute atomic E-state index is 0.243. The Balaban J connectivity index is 2.71. The summed E-state index contributed by atoms with van der Waals surface area (Å²) in [7, 11) is 0. The van der Waals surface area contributed by atoms with Gasteiger partial charge in [0.15, 0.2) is 0 Å². The maximum Gasteiger partial charge on any atom is 0.127 e. The maximum atomic E-state index is 10.8. The molecule has 4 nitrogen and oxygen atoms in total. The van der Waals surface area contributed by atoms with Gasteiger partial charge in [-0.2, -0.15) is 0 Å². The third-order valence-electron chi connectivity index (χ3n) is 2.44. The summed E-state index contributed by atoms with van der Waals surface area (Å²) in [5.74, 6) is -0.243. The normalized spacial score (nSPS) is 12.9. The molecule has 18 heavy (non-hydrogen) atoms. The van der Waals surface area contributed by atoms with E-state index in [1.807, 2.05) is 13.0 Å². The number of nitrogens with zero attached hydrogens (tertiary/aromatic N) is 1. The molecule has 0 bridgehead atoms. The molecule has 0 aliphatic carbocycles. The zero-order valence-electron chi connectivity index (χ0n) is 10.3. The Labute approximate surface area is 107 Å². The van der Waals surface area contributed by atoms with Crippen LogP contribution in [0.5, 0.6) is 0 Å². The van der Waals surface area contributed by atoms with Gasteiger partial charge < -0.3 is 15.9 Å². The van der Waals surface area contributed by atoms with Crippen molar-refractivity contribution >= 4 is 12.0 Å². The topological polar surface area (TPSA) is 79.8 Å². The van der Waals surface area contributed by atoms with Crippen LogP contribution in [0.4, 0.5) is 0 Å². The van der Waals surface area contributed by atoms with Crippen LogP contribution in [0.1, 0.15) is 17.7 Å². The molecule has 1 aromatic heterocycles. The molecule has 3 N–H and O–H groups in total. The number of aromatic nitrogens is 1. The molecule has 94 valence electrons. The molecule has 1 aromatic rings. The van der Waals surface area contributed by atoms with E-state index in [1.165, 1.54) is 6.20 Å². The summed E-state index contributed by atoms with van der Waals surface area (Å²) in [5.41, 5.74) is 7.24. The van der Waals surface area contributed by atoms with Gasteiger partial charge in [-0.1, -0.05) is 12.2 Å². The number of carbonyl (C=O) groups is 1. The van der Waals surface area contributed by atoms with Gasteiger partial charge in [0.1, 0.15) is 6.29 Å². The summed E-state index contributed by atoms with van der Waals surface area (Å²) < 4.78 is 0. The molecule has 1 unspecified atom stereocenters. The fourth-order valence-corrected chi connectivity index (χ4v) is 1.44. The van der Waals surface area contributed by atoms with E-state index < -0.39 is 0 Å². The summed E-state index contributed by atoms with van der Waals surface area (Å²) in [5, 5.41) is 7.90. The Bertz CT molecular complexity index is 478. The van der Waals surface area contributed by atoms with Crippen LogP contribution in [0.3, 0.4) is 0 Å². The number of nitrogens with two attached hydrogens (primary N) is 1. The summed E-state index contributed by atoms with van der Waals surface area (Å²) in [6, 6.07) is 3.61. The fourth-order valence-electron chi connectivity index (χ4n) is 1.44. The van der Waals surface area contributed by atoms with E-state index >= 15 is 0 Å². The van der Waals surface area contributed by atoms with Crippen molar-refractivity contribution in [3.63, 3.8) is 0 Å². The number of rotatable bonds is 6. The molecule has 1 atom stereocenters. The Kier molecular flexibility index (Phi) is 5.51. The third-order valence-corrected chi connectivity index (χ3v) is 2.44. The standard InChI is InChI=1S/C14H17N3O/c1-11-9-13(6-8-17-11)14(16)5-4-12(10-18)3-2-7-15/h2,4-10,12,16H,3,15H2,1H3/b5-4+,7-2+,16-14?. The molecule has 1 heterocycles. The van der Waals surface area contributed by atoms with Gasteiger partial charge >= 0.3 is 0 Å². The van der Waals surface area contributed by atoms with Gasteiger partial charge in [0.2, 0.25) is 0 Å². The SMILES string of the molecule is Cc1cc(C(=N)/C=C/C(C=O)C/C=C/N)ccn1. The minimum atomic E-state index is -0.243. The molecule has 0 fully saturated rings. The molecule has 0 saturated carbocycles. The number of allylic oxidation sites excluding steroid dienone is 3. The summed E-state index contributed by atoms with van der Waals surface area (Å²) in [6.45, 7) is 1.88. The van der Waals surface area contributed by atoms with Crippen molar-refractivity contribution in [3.05, 3.63) is 54.0 Å². The summed E-state index contributed by atoms with van der Waals surface area (Å²) in [6.07, 6.45) is 9.57. The van der Waals surface area contributed by atoms with Crippen molar-refractivity contribution in [3.8, 4) is 0 Å². The minimum Gasteiger partial charge on any atom is -0.405 e. The predicted octanol–water partition coefficient (Wildman–Crippen LogP) is 1.99. The van der Waals surface area contributed by atoms with E-state index in [0.717, 1.165) is 17.5 Å². The molecule has 4 heteroatoms. The van der Waals surface area contributed by atoms with Crippen LogP contribution in [-0.4, -0.2) is 17.0 Å². The third kappa shape index (κ3) is 4.33. The molecule has 0 aliphatic rings. The van der Waals surface area contributed by atoms with Crippen molar-refractivity contribution in [1.82, 2.24) is 4.98 Å². The average Bonchev–Trinajstić information content (AvgIpc) is 2.38. The first-order valence-electron chi connectivity index (χ1n) is 5.69. The van der Waals surface area contributed by atoms with Gasteiger partial charge in [-0.3, -0.25) is 4.98 Å². The van der Waals surface area contributed by atoms with Gasteiger partial charge in [0.25, 0.3) is 0 Å². The number of carbonyl (C=O) groups excluding carboxylic acids is 1. The number of aldehydes is 1. The number of aryl methyl sites for hydroxylation is 1. The molecule has 0 spiro atoms. The van der Waals surface area contributed by atoms with Gasteiger partial charge in [0, 0.05) is 23.4 Å². The van der Waals surface area contributed by atoms with Crippen LogP contribution in [0.25, 0.3) is 0 Å². The molecule has 0 amide bonds. The van der Waals surface area contributed by atoms with Crippen molar-refractivity contribution < 1.29 is 4.79 Å². The average molecular weight is 243 g/mol. The van der Waals surface area contributed by atoms with Crippen molar-refractivity contribution in [2.45, 2.75) is 13.3 Å². The molecular formula is C14H17N3O. The van der Waals surface area contributed by atoms with Crippen LogP contribution in [0, 0.1) is 18.3 Å². The highest BCUT2D eigenvalue weighted by atomic mass is 16.1. The number of nitrogens with one attached hydrogen (secondary N) is 1. The quantitative estimate of drug-likeness (QED) is 0.592. The number of hydrogen-bond acceptors (Lipinski definition) is 4.